The summed E-state index contributed by atoms with van der Waals surface area (Å²) >= 11 is 0. The molecule has 3 aromatic rings. The summed E-state index contributed by atoms with van der Waals surface area (Å²) < 4.78 is 27.8. The molecule has 2 heterocycles. The standard InChI is InChI=1S/C20H20N2O2S/c1-15-8-10-18(11-9-15)25(23,24)22-12-4-7-20(22)17-13-16-5-2-3-6-19(16)21-14-17/h2-3,5-6,8-11,13-14,20H,4,7,12H2,1H3/t20-/m0/s1. The third kappa shape index (κ3) is 2.94. The molecule has 0 N–H and O–H groups in total. The summed E-state index contributed by atoms with van der Waals surface area (Å²) in [5.74, 6) is 0. The molecule has 4 rings (SSSR count). The Labute approximate surface area is 148 Å². The van der Waals surface area contributed by atoms with Crippen LogP contribution >= 0.6 is 0 Å². The fourth-order valence-corrected chi connectivity index (χ4v) is 5.16. The van der Waals surface area contributed by atoms with Gasteiger partial charge in [-0.25, -0.2) is 8.42 Å². The molecule has 1 saturated heterocycles. The number of benzene rings is 2. The number of fused-ring (bicyclic) bond motifs is 1. The lowest BCUT2D eigenvalue weighted by Crippen LogP contribution is -2.30. The van der Waals surface area contributed by atoms with Crippen molar-refractivity contribution in [1.29, 1.82) is 0 Å². The Morgan fingerprint density at radius 2 is 1.84 bits per heavy atom. The highest BCUT2D eigenvalue weighted by atomic mass is 32.2. The number of sulfonamides is 1. The summed E-state index contributed by atoms with van der Waals surface area (Å²) in [6.45, 7) is 2.50. The predicted octanol–water partition coefficient (Wildman–Crippen LogP) is 4.07. The Kier molecular flexibility index (Phi) is 4.06. The number of hydrogen-bond acceptors (Lipinski definition) is 3. The largest absolute Gasteiger partial charge is 0.256 e. The molecule has 1 aliphatic rings. The van der Waals surface area contributed by atoms with Gasteiger partial charge < -0.3 is 0 Å². The van der Waals surface area contributed by atoms with Crippen LogP contribution in [0.4, 0.5) is 0 Å². The summed E-state index contributed by atoms with van der Waals surface area (Å²) in [7, 11) is -3.50. The van der Waals surface area contributed by atoms with Crippen molar-refractivity contribution in [2.24, 2.45) is 0 Å². The van der Waals surface area contributed by atoms with Gasteiger partial charge in [-0.15, -0.1) is 0 Å². The van der Waals surface area contributed by atoms with Gasteiger partial charge in [-0.05, 0) is 49.6 Å². The molecule has 25 heavy (non-hydrogen) atoms. The molecule has 0 spiro atoms. The quantitative estimate of drug-likeness (QED) is 0.714. The molecule has 0 amide bonds. The highest BCUT2D eigenvalue weighted by molar-refractivity contribution is 7.89. The van der Waals surface area contributed by atoms with Crippen LogP contribution in [0.3, 0.4) is 0 Å². The number of para-hydroxylation sites is 1. The summed E-state index contributed by atoms with van der Waals surface area (Å²) in [5.41, 5.74) is 2.94. The minimum atomic E-state index is -3.50. The second kappa shape index (κ2) is 6.24. The molecule has 5 heteroatoms. The van der Waals surface area contributed by atoms with Crippen molar-refractivity contribution in [3.63, 3.8) is 0 Å². The second-order valence-corrected chi connectivity index (χ2v) is 8.44. The van der Waals surface area contributed by atoms with E-state index in [2.05, 4.69) is 11.1 Å². The summed E-state index contributed by atoms with van der Waals surface area (Å²) in [5, 5.41) is 1.04. The van der Waals surface area contributed by atoms with Crippen LogP contribution in [0.25, 0.3) is 10.9 Å². The zero-order valence-corrected chi connectivity index (χ0v) is 14.9. The van der Waals surface area contributed by atoms with Gasteiger partial charge in [0.05, 0.1) is 16.5 Å². The van der Waals surface area contributed by atoms with Crippen molar-refractivity contribution in [3.8, 4) is 0 Å². The molecule has 0 radical (unpaired) electrons. The zero-order chi connectivity index (χ0) is 17.4. The van der Waals surface area contributed by atoms with Gasteiger partial charge in [0.15, 0.2) is 0 Å². The average molecular weight is 352 g/mol. The molecular formula is C20H20N2O2S. The van der Waals surface area contributed by atoms with E-state index < -0.39 is 10.0 Å². The Balaban J connectivity index is 1.73. The van der Waals surface area contributed by atoms with Crippen LogP contribution in [-0.4, -0.2) is 24.3 Å². The van der Waals surface area contributed by atoms with Crippen LogP contribution in [-0.2, 0) is 10.0 Å². The first-order valence-corrected chi connectivity index (χ1v) is 9.93. The predicted molar refractivity (Wildman–Crippen MR) is 98.8 cm³/mol. The summed E-state index contributed by atoms with van der Waals surface area (Å²) in [6.07, 6.45) is 3.50. The molecule has 0 unspecified atom stereocenters. The minimum Gasteiger partial charge on any atom is -0.256 e. The number of nitrogens with zero attached hydrogens (tertiary/aromatic N) is 2. The fourth-order valence-electron chi connectivity index (χ4n) is 3.48. The normalized spacial score (nSPS) is 18.7. The first-order chi connectivity index (χ1) is 12.1. The van der Waals surface area contributed by atoms with Gasteiger partial charge in [-0.2, -0.15) is 4.31 Å². The van der Waals surface area contributed by atoms with Crippen molar-refractivity contribution < 1.29 is 8.42 Å². The highest BCUT2D eigenvalue weighted by Gasteiger charge is 2.36. The summed E-state index contributed by atoms with van der Waals surface area (Å²) in [4.78, 5) is 4.87. The Hall–Kier alpha value is -2.24. The maximum Gasteiger partial charge on any atom is 0.243 e. The SMILES string of the molecule is Cc1ccc(S(=O)(=O)N2CCC[C@H]2c2cnc3ccccc3c2)cc1. The minimum absolute atomic E-state index is 0.150. The molecule has 0 saturated carbocycles. The molecule has 128 valence electrons. The van der Waals surface area contributed by atoms with Crippen molar-refractivity contribution in [1.82, 2.24) is 9.29 Å². The van der Waals surface area contributed by atoms with E-state index in [0.717, 1.165) is 34.9 Å². The first-order valence-electron chi connectivity index (χ1n) is 8.49. The van der Waals surface area contributed by atoms with Crippen molar-refractivity contribution in [2.45, 2.75) is 30.7 Å². The maximum atomic E-state index is 13.1. The number of pyridine rings is 1. The maximum absolute atomic E-state index is 13.1. The number of hydrogen-bond donors (Lipinski definition) is 0. The third-order valence-electron chi connectivity index (χ3n) is 4.83. The van der Waals surface area contributed by atoms with E-state index >= 15 is 0 Å². The molecule has 2 aromatic carbocycles. The Morgan fingerprint density at radius 3 is 2.64 bits per heavy atom. The van der Waals surface area contributed by atoms with Gasteiger partial charge in [0, 0.05) is 18.1 Å². The van der Waals surface area contributed by atoms with Crippen LogP contribution < -0.4 is 0 Å². The third-order valence-corrected chi connectivity index (χ3v) is 6.75. The Morgan fingerprint density at radius 1 is 1.08 bits per heavy atom. The second-order valence-electron chi connectivity index (χ2n) is 6.55. The first kappa shape index (κ1) is 16.2. The number of rotatable bonds is 3. The van der Waals surface area contributed by atoms with E-state index in [1.54, 1.807) is 16.4 Å². The lowest BCUT2D eigenvalue weighted by molar-refractivity contribution is 0.396. The van der Waals surface area contributed by atoms with Gasteiger partial charge in [0.25, 0.3) is 0 Å². The number of aromatic nitrogens is 1. The summed E-state index contributed by atoms with van der Waals surface area (Å²) in [6, 6.07) is 16.9. The van der Waals surface area contributed by atoms with Crippen LogP contribution in [0.5, 0.6) is 0 Å². The molecule has 1 aromatic heterocycles. The van der Waals surface area contributed by atoms with Gasteiger partial charge in [-0.3, -0.25) is 4.98 Å². The average Bonchev–Trinajstić information content (AvgIpc) is 3.12. The van der Waals surface area contributed by atoms with Crippen molar-refractivity contribution in [2.75, 3.05) is 6.54 Å². The van der Waals surface area contributed by atoms with Gasteiger partial charge >= 0.3 is 0 Å². The van der Waals surface area contributed by atoms with Crippen LogP contribution in [0.15, 0.2) is 65.7 Å². The lowest BCUT2D eigenvalue weighted by Gasteiger charge is -2.24. The van der Waals surface area contributed by atoms with E-state index in [1.807, 2.05) is 49.5 Å². The van der Waals surface area contributed by atoms with E-state index in [1.165, 1.54) is 0 Å². The van der Waals surface area contributed by atoms with Crippen LogP contribution in [0.2, 0.25) is 0 Å². The van der Waals surface area contributed by atoms with Crippen LogP contribution in [0.1, 0.15) is 30.0 Å². The number of aryl methyl sites for hydroxylation is 1. The van der Waals surface area contributed by atoms with Crippen molar-refractivity contribution in [3.05, 3.63) is 71.9 Å². The molecule has 1 aliphatic heterocycles. The lowest BCUT2D eigenvalue weighted by atomic mass is 10.1. The van der Waals surface area contributed by atoms with E-state index in [4.69, 9.17) is 0 Å². The van der Waals surface area contributed by atoms with E-state index in [9.17, 15) is 8.42 Å². The zero-order valence-electron chi connectivity index (χ0n) is 14.1. The molecule has 1 fully saturated rings. The van der Waals surface area contributed by atoms with Crippen LogP contribution in [0, 0.1) is 6.92 Å². The van der Waals surface area contributed by atoms with Gasteiger partial charge in [0.2, 0.25) is 10.0 Å². The van der Waals surface area contributed by atoms with Gasteiger partial charge in [0.1, 0.15) is 0 Å². The highest BCUT2D eigenvalue weighted by Crippen LogP contribution is 2.37. The molecule has 0 bridgehead atoms. The Bertz CT molecular complexity index is 1010. The fraction of sp³-hybridized carbons (Fsp3) is 0.250. The smallest absolute Gasteiger partial charge is 0.243 e. The van der Waals surface area contributed by atoms with Crippen molar-refractivity contribution >= 4 is 20.9 Å². The van der Waals surface area contributed by atoms with E-state index in [0.29, 0.717) is 11.4 Å². The molecule has 0 aliphatic carbocycles. The molecule has 4 nitrogen and oxygen atoms in total. The molecule has 1 atom stereocenters. The molecular weight excluding hydrogens is 332 g/mol. The monoisotopic (exact) mass is 352 g/mol. The van der Waals surface area contributed by atoms with Gasteiger partial charge in [-0.1, -0.05) is 35.9 Å². The topological polar surface area (TPSA) is 50.3 Å². The van der Waals surface area contributed by atoms with E-state index in [-0.39, 0.29) is 6.04 Å².